The van der Waals surface area contributed by atoms with E-state index in [1.165, 1.54) is 0 Å². The molecule has 0 fully saturated rings. The molecular formula is C16H23NO3Si. The van der Waals surface area contributed by atoms with Crippen LogP contribution < -0.4 is 0 Å². The molecule has 0 spiro atoms. The molecule has 0 aliphatic rings. The lowest BCUT2D eigenvalue weighted by Crippen LogP contribution is -2.47. The Morgan fingerprint density at radius 1 is 1.10 bits per heavy atom. The van der Waals surface area contributed by atoms with Gasteiger partial charge in [0.05, 0.1) is 11.6 Å². The number of allylic oxidation sites excluding steroid dienone is 1. The Kier molecular flexibility index (Phi) is 7.33. The van der Waals surface area contributed by atoms with Crippen LogP contribution in [0, 0.1) is 11.3 Å². The highest BCUT2D eigenvalue weighted by Crippen LogP contribution is 2.23. The summed E-state index contributed by atoms with van der Waals surface area (Å²) in [5.41, 5.74) is 1.48. The van der Waals surface area contributed by atoms with Crippen LogP contribution in [0.3, 0.4) is 0 Å². The van der Waals surface area contributed by atoms with Crippen molar-refractivity contribution in [3.05, 3.63) is 40.6 Å². The second-order valence-electron chi connectivity index (χ2n) is 4.38. The molecule has 5 heteroatoms. The van der Waals surface area contributed by atoms with Crippen molar-refractivity contribution in [1.82, 2.24) is 0 Å². The summed E-state index contributed by atoms with van der Waals surface area (Å²) >= 11 is 0. The van der Waals surface area contributed by atoms with Crippen LogP contribution in [0.25, 0.3) is 6.08 Å². The smallest absolute Gasteiger partial charge is 0.370 e. The van der Waals surface area contributed by atoms with Gasteiger partial charge in [-0.1, -0.05) is 24.3 Å². The highest BCUT2D eigenvalue weighted by atomic mass is 28.4. The quantitative estimate of drug-likeness (QED) is 0.689. The summed E-state index contributed by atoms with van der Waals surface area (Å²) in [6.45, 7) is 9.30. The van der Waals surface area contributed by atoms with Gasteiger partial charge in [0.2, 0.25) is 0 Å². The topological polar surface area (TPSA) is 51.5 Å². The van der Waals surface area contributed by atoms with Gasteiger partial charge in [0.15, 0.2) is 0 Å². The molecule has 1 aromatic carbocycles. The number of hydrogen-bond acceptors (Lipinski definition) is 4. The van der Waals surface area contributed by atoms with E-state index in [1.54, 1.807) is 6.07 Å². The highest BCUT2D eigenvalue weighted by molar-refractivity contribution is 6.69. The van der Waals surface area contributed by atoms with Gasteiger partial charge in [0, 0.05) is 19.8 Å². The fourth-order valence-corrected chi connectivity index (χ4v) is 4.49. The lowest BCUT2D eigenvalue weighted by molar-refractivity contribution is 0.0811. The third-order valence-electron chi connectivity index (χ3n) is 2.94. The first-order valence-corrected chi connectivity index (χ1v) is 8.95. The standard InChI is InChI=1S/C16H23NO3Si/c1-5-18-21(19-6-2,20-7-3)14(4)12-15-10-8-9-11-16(15)13-17/h8-12H,5-7H2,1-4H3. The Morgan fingerprint density at radius 3 is 2.10 bits per heavy atom. The summed E-state index contributed by atoms with van der Waals surface area (Å²) in [5, 5.41) is 10.1. The molecule has 0 saturated carbocycles. The van der Waals surface area contributed by atoms with Gasteiger partial charge < -0.3 is 13.3 Å². The zero-order valence-electron chi connectivity index (χ0n) is 13.2. The van der Waals surface area contributed by atoms with Crippen LogP contribution in [0.1, 0.15) is 38.8 Å². The predicted octanol–water partition coefficient (Wildman–Crippen LogP) is 3.55. The normalized spacial score (nSPS) is 12.2. The zero-order chi connectivity index (χ0) is 15.7. The molecule has 0 radical (unpaired) electrons. The first-order valence-electron chi connectivity index (χ1n) is 7.23. The van der Waals surface area contributed by atoms with Crippen molar-refractivity contribution in [2.45, 2.75) is 27.7 Å². The molecule has 0 bridgehead atoms. The van der Waals surface area contributed by atoms with Crippen LogP contribution in [-0.2, 0) is 13.3 Å². The lowest BCUT2D eigenvalue weighted by Gasteiger charge is -2.29. The van der Waals surface area contributed by atoms with Gasteiger partial charge in [-0.2, -0.15) is 5.26 Å². The van der Waals surface area contributed by atoms with Crippen molar-refractivity contribution in [3.8, 4) is 6.07 Å². The van der Waals surface area contributed by atoms with Gasteiger partial charge in [0.25, 0.3) is 0 Å². The Bertz CT molecular complexity index is 505. The number of nitrogens with zero attached hydrogens (tertiary/aromatic N) is 1. The van der Waals surface area contributed by atoms with Crippen LogP contribution in [0.15, 0.2) is 29.5 Å². The zero-order valence-corrected chi connectivity index (χ0v) is 14.2. The van der Waals surface area contributed by atoms with Crippen LogP contribution in [0.5, 0.6) is 0 Å². The van der Waals surface area contributed by atoms with Gasteiger partial charge in [-0.3, -0.25) is 0 Å². The maximum Gasteiger partial charge on any atom is 0.532 e. The molecule has 21 heavy (non-hydrogen) atoms. The number of benzene rings is 1. The molecule has 0 heterocycles. The molecule has 4 nitrogen and oxygen atoms in total. The van der Waals surface area contributed by atoms with Crippen molar-refractivity contribution in [3.63, 3.8) is 0 Å². The Labute approximate surface area is 128 Å². The van der Waals surface area contributed by atoms with E-state index >= 15 is 0 Å². The minimum absolute atomic E-state index is 0.525. The predicted molar refractivity (Wildman–Crippen MR) is 85.4 cm³/mol. The highest BCUT2D eigenvalue weighted by Gasteiger charge is 2.42. The second kappa shape index (κ2) is 8.75. The summed E-state index contributed by atoms with van der Waals surface area (Å²) in [6, 6.07) is 9.66. The molecule has 0 aromatic heterocycles. The fraction of sp³-hybridized carbons (Fsp3) is 0.438. The first-order chi connectivity index (χ1) is 10.1. The maximum atomic E-state index is 9.18. The largest absolute Gasteiger partial charge is 0.532 e. The third kappa shape index (κ3) is 4.51. The molecule has 0 atom stereocenters. The minimum Gasteiger partial charge on any atom is -0.370 e. The van der Waals surface area contributed by atoms with E-state index in [-0.39, 0.29) is 0 Å². The molecule has 0 amide bonds. The Morgan fingerprint density at radius 2 is 1.62 bits per heavy atom. The van der Waals surface area contributed by atoms with E-state index in [4.69, 9.17) is 13.3 Å². The van der Waals surface area contributed by atoms with E-state index in [9.17, 15) is 5.26 Å². The van der Waals surface area contributed by atoms with Crippen molar-refractivity contribution >= 4 is 14.9 Å². The molecule has 114 valence electrons. The van der Waals surface area contributed by atoms with Crippen molar-refractivity contribution < 1.29 is 13.3 Å². The average molecular weight is 305 g/mol. The average Bonchev–Trinajstić information content (AvgIpc) is 2.48. The van der Waals surface area contributed by atoms with Gasteiger partial charge in [-0.15, -0.1) is 0 Å². The van der Waals surface area contributed by atoms with Crippen molar-refractivity contribution in [2.75, 3.05) is 19.8 Å². The molecular weight excluding hydrogens is 282 g/mol. The second-order valence-corrected chi connectivity index (χ2v) is 7.15. The Balaban J connectivity index is 3.22. The van der Waals surface area contributed by atoms with E-state index < -0.39 is 8.80 Å². The summed E-state index contributed by atoms with van der Waals surface area (Å²) in [7, 11) is -2.87. The maximum absolute atomic E-state index is 9.18. The summed E-state index contributed by atoms with van der Waals surface area (Å²) in [4.78, 5) is 0. The molecule has 0 saturated heterocycles. The van der Waals surface area contributed by atoms with E-state index in [0.29, 0.717) is 25.4 Å². The summed E-state index contributed by atoms with van der Waals surface area (Å²) in [6.07, 6.45) is 1.94. The minimum atomic E-state index is -2.87. The third-order valence-corrected chi connectivity index (χ3v) is 6.06. The molecule has 1 rings (SSSR count). The van der Waals surface area contributed by atoms with Crippen LogP contribution in [0.2, 0.25) is 0 Å². The van der Waals surface area contributed by atoms with Gasteiger partial charge in [0.1, 0.15) is 0 Å². The van der Waals surface area contributed by atoms with Crippen LogP contribution in [0.4, 0.5) is 0 Å². The van der Waals surface area contributed by atoms with Gasteiger partial charge in [-0.25, -0.2) is 0 Å². The lowest BCUT2D eigenvalue weighted by atomic mass is 10.1. The van der Waals surface area contributed by atoms with E-state index in [2.05, 4.69) is 6.07 Å². The monoisotopic (exact) mass is 305 g/mol. The molecule has 0 N–H and O–H groups in total. The van der Waals surface area contributed by atoms with Crippen LogP contribution >= 0.6 is 0 Å². The molecule has 0 aliphatic heterocycles. The summed E-state index contributed by atoms with van der Waals surface area (Å²) in [5.74, 6) is 0. The Hall–Kier alpha value is -1.45. The molecule has 0 unspecified atom stereocenters. The van der Waals surface area contributed by atoms with Crippen molar-refractivity contribution in [2.24, 2.45) is 0 Å². The van der Waals surface area contributed by atoms with Gasteiger partial charge in [-0.05, 0) is 44.5 Å². The molecule has 1 aromatic rings. The van der Waals surface area contributed by atoms with Gasteiger partial charge >= 0.3 is 8.80 Å². The number of rotatable bonds is 8. The van der Waals surface area contributed by atoms with E-state index in [1.807, 2.05) is 52.0 Å². The number of hydrogen-bond donors (Lipinski definition) is 0. The SMILES string of the molecule is CCO[Si](OCC)(OCC)C(C)=Cc1ccccc1C#N. The fourth-order valence-electron chi connectivity index (χ4n) is 2.08. The van der Waals surface area contributed by atoms with Crippen molar-refractivity contribution in [1.29, 1.82) is 5.26 Å². The number of nitriles is 1. The first kappa shape index (κ1) is 17.6. The van der Waals surface area contributed by atoms with Crippen LogP contribution in [-0.4, -0.2) is 28.6 Å². The van der Waals surface area contributed by atoms with E-state index in [0.717, 1.165) is 10.8 Å². The molecule has 0 aliphatic carbocycles. The summed E-state index contributed by atoms with van der Waals surface area (Å²) < 4.78 is 17.6.